The lowest BCUT2D eigenvalue weighted by molar-refractivity contribution is 0.00672. The van der Waals surface area contributed by atoms with Crippen molar-refractivity contribution in [3.05, 3.63) is 152 Å². The highest BCUT2D eigenvalue weighted by atomic mass is 32.2. The van der Waals surface area contributed by atoms with E-state index in [1.54, 1.807) is 76.8 Å². The van der Waals surface area contributed by atoms with Crippen molar-refractivity contribution in [1.29, 1.82) is 0 Å². The number of hydrogen-bond acceptors (Lipinski definition) is 22. The Morgan fingerprint density at radius 3 is 1.46 bits per heavy atom. The van der Waals surface area contributed by atoms with Crippen molar-refractivity contribution >= 4 is 120 Å². The minimum Gasteiger partial charge on any atom is -0.396 e. The lowest BCUT2D eigenvalue weighted by Gasteiger charge is -2.25. The van der Waals surface area contributed by atoms with E-state index in [9.17, 15) is 17.0 Å². The highest BCUT2D eigenvalue weighted by Crippen LogP contribution is 2.46. The molecular weight excluding hydrogens is 1290 g/mol. The molecule has 3 atom stereocenters. The Morgan fingerprint density at radius 2 is 1.01 bits per heavy atom. The lowest BCUT2D eigenvalue weighted by atomic mass is 9.99. The van der Waals surface area contributed by atoms with Crippen LogP contribution >= 0.6 is 34.0 Å². The Kier molecular flexibility index (Phi) is 21.3. The Balaban J connectivity index is 0.000000142. The molecule has 0 amide bonds. The molecule has 12 aromatic rings. The van der Waals surface area contributed by atoms with Crippen molar-refractivity contribution in [3.8, 4) is 67.3 Å². The number of nitrogens with zero attached hydrogens (tertiary/aromatic N) is 9. The molecule has 12 heterocycles. The monoisotopic (exact) mass is 1350 g/mol. The summed E-state index contributed by atoms with van der Waals surface area (Å²) >= 11 is 4.07. The zero-order valence-electron chi connectivity index (χ0n) is 50.4. The first-order valence-corrected chi connectivity index (χ1v) is 35.2. The van der Waals surface area contributed by atoms with Gasteiger partial charge in [0.25, 0.3) is 0 Å². The minimum absolute atomic E-state index is 0.316. The van der Waals surface area contributed by atoms with E-state index in [-0.39, 0.29) is 5.82 Å². The maximum absolute atomic E-state index is 13.6. The van der Waals surface area contributed by atoms with Gasteiger partial charge in [0.05, 0.1) is 104 Å². The molecule has 13 rings (SSSR count). The molecule has 3 unspecified atom stereocenters. The average Bonchev–Trinajstić information content (AvgIpc) is 1.63. The van der Waals surface area contributed by atoms with E-state index >= 15 is 0 Å². The SMILES string of the molecule is COCCCS(=O)c1sc2nc(-c3ccc(N)nc3)cc(-c3cccnc3)c2c1N.COCCCS(=O)c1sc2nc(-c3cccnc3)cc(-c3cn(C)cn3)c2c1N.COCCS(=O)c1sc2nc(-c3ccc(C4COC4)nc3)cc(-c3ccc(F)cc3)c2c1N. The Hall–Kier alpha value is -8.22. The van der Waals surface area contributed by atoms with Crippen LogP contribution in [-0.2, 0) is 58.4 Å². The van der Waals surface area contributed by atoms with Gasteiger partial charge in [0.1, 0.15) is 38.8 Å². The molecule has 0 radical (unpaired) electrons. The highest BCUT2D eigenvalue weighted by molar-refractivity contribution is 7.88. The van der Waals surface area contributed by atoms with Gasteiger partial charge in [-0.25, -0.2) is 29.3 Å². The van der Waals surface area contributed by atoms with Crippen LogP contribution in [0.4, 0.5) is 27.3 Å². The van der Waals surface area contributed by atoms with Gasteiger partial charge in [-0.05, 0) is 102 Å². The summed E-state index contributed by atoms with van der Waals surface area (Å²) < 4.78 is 76.4. The smallest absolute Gasteiger partial charge is 0.127 e. The zero-order valence-corrected chi connectivity index (χ0v) is 55.3. The van der Waals surface area contributed by atoms with Gasteiger partial charge in [-0.2, -0.15) is 0 Å². The fraction of sp³-hybridized carbons (Fsp3) is 0.231. The summed E-state index contributed by atoms with van der Waals surface area (Å²) in [6.45, 7) is 2.89. The van der Waals surface area contributed by atoms with Crippen LogP contribution in [0.5, 0.6) is 0 Å². The molecule has 1 aromatic carbocycles. The Morgan fingerprint density at radius 1 is 0.543 bits per heavy atom. The van der Waals surface area contributed by atoms with Crippen LogP contribution in [0.1, 0.15) is 24.5 Å². The summed E-state index contributed by atoms with van der Waals surface area (Å²) in [7, 11) is 3.04. The third-order valence-electron chi connectivity index (χ3n) is 14.7. The number of hydrogen-bond donors (Lipinski definition) is 4. The van der Waals surface area contributed by atoms with Crippen molar-refractivity contribution in [2.45, 2.75) is 31.4 Å². The van der Waals surface area contributed by atoms with Crippen molar-refractivity contribution in [2.75, 3.05) is 94.6 Å². The Bertz CT molecular complexity index is 4610. The lowest BCUT2D eigenvalue weighted by Crippen LogP contribution is -2.25. The number of nitrogen functional groups attached to an aromatic ring is 4. The number of thiophene rings is 3. The predicted molar refractivity (Wildman–Crippen MR) is 369 cm³/mol. The molecule has 11 aromatic heterocycles. The van der Waals surface area contributed by atoms with Gasteiger partial charge in [-0.1, -0.05) is 18.2 Å². The molecular formula is C65H64FN13O7S6. The molecule has 0 aliphatic carbocycles. The predicted octanol–water partition coefficient (Wildman–Crippen LogP) is 11.8. The molecule has 1 fully saturated rings. The number of pyridine rings is 7. The van der Waals surface area contributed by atoms with Crippen LogP contribution in [0.25, 0.3) is 97.9 Å². The van der Waals surface area contributed by atoms with Gasteiger partial charge in [-0.15, -0.1) is 34.0 Å². The molecule has 8 N–H and O–H groups in total. The van der Waals surface area contributed by atoms with Crippen LogP contribution in [-0.4, -0.2) is 129 Å². The number of fused-ring (bicyclic) bond motifs is 3. The van der Waals surface area contributed by atoms with Crippen LogP contribution in [0, 0.1) is 5.82 Å². The molecule has 20 nitrogen and oxygen atoms in total. The molecule has 1 aliphatic heterocycles. The zero-order chi connectivity index (χ0) is 64.4. The maximum Gasteiger partial charge on any atom is 0.127 e. The first-order valence-electron chi connectivity index (χ1n) is 28.8. The van der Waals surface area contributed by atoms with Gasteiger partial charge in [0.15, 0.2) is 0 Å². The van der Waals surface area contributed by atoms with Crippen molar-refractivity contribution in [2.24, 2.45) is 7.05 Å². The van der Waals surface area contributed by atoms with Gasteiger partial charge in [0.2, 0.25) is 0 Å². The first kappa shape index (κ1) is 65.3. The highest BCUT2D eigenvalue weighted by Gasteiger charge is 2.26. The summed E-state index contributed by atoms with van der Waals surface area (Å²) in [5, 5.41) is 2.33. The average molecular weight is 1350 g/mol. The summed E-state index contributed by atoms with van der Waals surface area (Å²) in [6, 6.07) is 27.4. The number of ether oxygens (including phenoxy) is 4. The molecule has 1 aliphatic rings. The number of aromatic nitrogens is 9. The first-order chi connectivity index (χ1) is 44.7. The Labute approximate surface area is 549 Å². The molecule has 0 bridgehead atoms. The minimum atomic E-state index is -1.31. The van der Waals surface area contributed by atoms with E-state index in [1.165, 1.54) is 46.1 Å². The number of imidazole rings is 1. The number of anilines is 4. The van der Waals surface area contributed by atoms with Gasteiger partial charge in [-0.3, -0.25) is 27.6 Å². The van der Waals surface area contributed by atoms with E-state index in [0.29, 0.717) is 109 Å². The summed E-state index contributed by atoms with van der Waals surface area (Å²) in [6.07, 6.45) is 15.6. The molecule has 474 valence electrons. The largest absolute Gasteiger partial charge is 0.396 e. The van der Waals surface area contributed by atoms with Crippen LogP contribution in [0.2, 0.25) is 0 Å². The third-order valence-corrected chi connectivity index (χ3v) is 23.6. The molecule has 0 spiro atoms. The van der Waals surface area contributed by atoms with Crippen molar-refractivity contribution in [3.63, 3.8) is 0 Å². The van der Waals surface area contributed by atoms with E-state index in [4.69, 9.17) is 56.8 Å². The fourth-order valence-electron chi connectivity index (χ4n) is 10.00. The summed E-state index contributed by atoms with van der Waals surface area (Å²) in [4.78, 5) is 38.3. The van der Waals surface area contributed by atoms with Crippen LogP contribution < -0.4 is 22.9 Å². The van der Waals surface area contributed by atoms with E-state index in [2.05, 4.69) is 24.9 Å². The number of rotatable bonds is 21. The van der Waals surface area contributed by atoms with E-state index in [1.807, 2.05) is 84.7 Å². The van der Waals surface area contributed by atoms with E-state index < -0.39 is 32.4 Å². The molecule has 0 saturated carbocycles. The van der Waals surface area contributed by atoms with Crippen molar-refractivity contribution in [1.82, 2.24) is 44.4 Å². The molecule has 1 saturated heterocycles. The molecule has 27 heteroatoms. The van der Waals surface area contributed by atoms with Crippen molar-refractivity contribution < 1.29 is 36.0 Å². The number of halogens is 1. The topological polar surface area (TPSA) is 300 Å². The van der Waals surface area contributed by atoms with Crippen LogP contribution in [0.15, 0.2) is 153 Å². The summed E-state index contributed by atoms with van der Waals surface area (Å²) in [5.41, 5.74) is 37.6. The normalized spacial score (nSPS) is 13.3. The van der Waals surface area contributed by atoms with E-state index in [0.717, 1.165) is 98.8 Å². The second-order valence-corrected chi connectivity index (χ2v) is 29.3. The standard InChI is InChI=1S/C24H22FN3O3S2.C21H21N5O2S2.C20H21N5O2S2/c1-30-8-9-33(29)24-22(26)21-18(14-2-5-17(25)6-3-14)10-20(28-23(21)32-24)15-4-7-19(27-11-15)16-12-31-13-16;1-28-8-3-9-30(27)21-19(23)18-15(13-4-2-7-24-11-13)10-16(26-20(18)29-21)14-5-6-17(22)25-12-14;1-25-11-16(23-12-25)14-9-15(13-5-3-6-22-10-13)24-19-17(14)18(21)20(28-19)29(26)8-4-7-27-2/h2-7,10-11,16H,8-9,12-13,26H2,1H3;2,4-7,10-12H,3,8-9,23H2,1H3,(H2,22,25);3,5-6,9-12H,4,7-8,21H2,1-2H3. The number of nitrogens with two attached hydrogens (primary N) is 4. The second kappa shape index (κ2) is 30.0. The fourth-order valence-corrected chi connectivity index (χ4v) is 17.8. The maximum atomic E-state index is 13.6. The quantitative estimate of drug-likeness (QED) is 0.0486. The third kappa shape index (κ3) is 14.7. The number of methoxy groups -OCH3 is 3. The van der Waals surface area contributed by atoms with Gasteiger partial charge < -0.3 is 46.4 Å². The number of aryl methyl sites for hydroxylation is 1. The second-order valence-electron chi connectivity index (χ2n) is 21.0. The molecule has 92 heavy (non-hydrogen) atoms. The number of benzene rings is 1. The van der Waals surface area contributed by atoms with Gasteiger partial charge in [0, 0.05) is 152 Å². The van der Waals surface area contributed by atoms with Gasteiger partial charge >= 0.3 is 0 Å². The van der Waals surface area contributed by atoms with Crippen LogP contribution in [0.3, 0.4) is 0 Å². The summed E-state index contributed by atoms with van der Waals surface area (Å²) in [5.74, 6) is 1.81.